The Balaban J connectivity index is 2.71. The maximum absolute atomic E-state index is 7.41. The van der Waals surface area contributed by atoms with Crippen molar-refractivity contribution in [1.29, 1.82) is 0 Å². The van der Waals surface area contributed by atoms with E-state index >= 15 is 0 Å². The van der Waals surface area contributed by atoms with Crippen LogP contribution in [0.15, 0.2) is 12.7 Å². The normalized spacial score (nSPS) is 31.0. The number of hydrogen-bond acceptors (Lipinski definition) is 9. The second-order valence-corrected chi connectivity index (χ2v) is 35.2. The monoisotopic (exact) mass is 805 g/mol. The van der Waals surface area contributed by atoms with Crippen LogP contribution in [0.4, 0.5) is 0 Å². The highest BCUT2D eigenvalue weighted by Gasteiger charge is 2.64. The predicted molar refractivity (Wildman–Crippen MR) is 225 cm³/mol. The van der Waals surface area contributed by atoms with Gasteiger partial charge >= 0.3 is 0 Å². The zero-order valence-electron chi connectivity index (χ0n) is 38.3. The maximum Gasteiger partial charge on any atom is 0.202 e. The fourth-order valence-electron chi connectivity index (χ4n) is 6.94. The summed E-state index contributed by atoms with van der Waals surface area (Å²) in [5.41, 5.74) is 0. The molecule has 2 aliphatic rings. The minimum Gasteiger partial charge on any atom is -0.413 e. The first kappa shape index (κ1) is 49.2. The van der Waals surface area contributed by atoms with E-state index in [0.29, 0.717) is 19.4 Å². The lowest BCUT2D eigenvalue weighted by Gasteiger charge is -2.56. The van der Waals surface area contributed by atoms with Gasteiger partial charge in [0.25, 0.3) is 0 Å². The third-order valence-electron chi connectivity index (χ3n) is 13.4. The second-order valence-electron chi connectivity index (χ2n) is 20.9. The summed E-state index contributed by atoms with van der Waals surface area (Å²) in [5.74, 6) is -2.28. The first-order valence-electron chi connectivity index (χ1n) is 20.0. The summed E-state index contributed by atoms with van der Waals surface area (Å²) in [7, 11) is -1.33. The minimum absolute atomic E-state index is 0.00697. The highest BCUT2D eigenvalue weighted by atomic mass is 28.4. The van der Waals surface area contributed by atoms with Crippen LogP contribution in [-0.4, -0.2) is 107 Å². The Hall–Kier alpha value is 0.0306. The lowest BCUT2D eigenvalue weighted by atomic mass is 9.76. The molecule has 314 valence electrons. The Bertz CT molecular complexity index is 1170. The Labute approximate surface area is 329 Å². The molecule has 2 heterocycles. The molecule has 9 nitrogen and oxygen atoms in total. The van der Waals surface area contributed by atoms with Crippen LogP contribution in [-0.2, 0) is 41.7 Å². The molecule has 0 aromatic rings. The van der Waals surface area contributed by atoms with Crippen LogP contribution in [0.25, 0.3) is 0 Å². The SMILES string of the molecule is C=C[C@H](O[Si](C)(C)C(C)(C)C)[C@H](C[C@@H]1OC(C)(C)O[C@H]1[C@]1(OC)O[C@H](C[C@H](COC)O[Si](C)(C)C(C)(C)C)[C@H](C)[C@H](O[Si](C)(C)C(C)(C)C)[C@H]1C)OC. The van der Waals surface area contributed by atoms with Crippen LogP contribution in [0, 0.1) is 11.8 Å². The fraction of sp³-hybridized carbons (Fsp3) is 0.951. The van der Waals surface area contributed by atoms with E-state index in [1.54, 1.807) is 21.3 Å². The molecule has 0 spiro atoms. The average molecular weight is 805 g/mol. The third kappa shape index (κ3) is 11.4. The van der Waals surface area contributed by atoms with Gasteiger partial charge in [0, 0.05) is 46.0 Å². The smallest absolute Gasteiger partial charge is 0.202 e. The molecular formula is C41H84O9Si3. The highest BCUT2D eigenvalue weighted by molar-refractivity contribution is 6.75. The van der Waals surface area contributed by atoms with E-state index in [-0.39, 0.29) is 57.5 Å². The number of hydrogen-bond donors (Lipinski definition) is 0. The summed E-state index contributed by atoms with van der Waals surface area (Å²) in [6, 6.07) is 0. The van der Waals surface area contributed by atoms with Crippen molar-refractivity contribution < 1.29 is 41.7 Å². The van der Waals surface area contributed by atoms with Crippen molar-refractivity contribution in [2.24, 2.45) is 11.8 Å². The molecule has 0 N–H and O–H groups in total. The van der Waals surface area contributed by atoms with E-state index in [4.69, 9.17) is 41.7 Å². The average Bonchev–Trinajstić information content (AvgIpc) is 3.30. The molecule has 0 radical (unpaired) electrons. The van der Waals surface area contributed by atoms with E-state index in [9.17, 15) is 0 Å². The Morgan fingerprint density at radius 3 is 1.66 bits per heavy atom. The van der Waals surface area contributed by atoms with E-state index in [1.165, 1.54) is 0 Å². The van der Waals surface area contributed by atoms with Crippen molar-refractivity contribution in [2.75, 3.05) is 27.9 Å². The van der Waals surface area contributed by atoms with Gasteiger partial charge < -0.3 is 41.7 Å². The molecule has 12 heteroatoms. The molecule has 53 heavy (non-hydrogen) atoms. The molecule has 2 saturated heterocycles. The van der Waals surface area contributed by atoms with Crippen LogP contribution in [0.2, 0.25) is 54.4 Å². The molecule has 0 saturated carbocycles. The van der Waals surface area contributed by atoms with Crippen LogP contribution < -0.4 is 0 Å². The molecule has 0 aromatic heterocycles. The fourth-order valence-corrected chi connectivity index (χ4v) is 11.0. The number of methoxy groups -OCH3 is 3. The van der Waals surface area contributed by atoms with Gasteiger partial charge in [-0.15, -0.1) is 6.58 Å². The maximum atomic E-state index is 7.41. The van der Waals surface area contributed by atoms with E-state index in [1.807, 2.05) is 19.9 Å². The van der Waals surface area contributed by atoms with Gasteiger partial charge in [0.2, 0.25) is 5.79 Å². The summed E-state index contributed by atoms with van der Waals surface area (Å²) < 4.78 is 61.1. The van der Waals surface area contributed by atoms with Gasteiger partial charge in [0.15, 0.2) is 30.7 Å². The molecule has 0 amide bonds. The van der Waals surface area contributed by atoms with E-state index in [0.717, 1.165) is 0 Å². The Morgan fingerprint density at radius 2 is 1.23 bits per heavy atom. The van der Waals surface area contributed by atoms with Gasteiger partial charge in [-0.1, -0.05) is 82.2 Å². The third-order valence-corrected chi connectivity index (χ3v) is 26.9. The van der Waals surface area contributed by atoms with Crippen molar-refractivity contribution in [3.63, 3.8) is 0 Å². The molecule has 10 atom stereocenters. The molecule has 0 aliphatic carbocycles. The summed E-state index contributed by atoms with van der Waals surface area (Å²) in [6.07, 6.45) is 0.648. The number of rotatable bonds is 17. The van der Waals surface area contributed by atoms with Gasteiger partial charge in [-0.3, -0.25) is 0 Å². The van der Waals surface area contributed by atoms with Crippen molar-refractivity contribution in [2.45, 2.75) is 212 Å². The largest absolute Gasteiger partial charge is 0.413 e. The zero-order valence-corrected chi connectivity index (χ0v) is 41.3. The summed E-state index contributed by atoms with van der Waals surface area (Å²) in [4.78, 5) is 0. The second kappa shape index (κ2) is 17.5. The van der Waals surface area contributed by atoms with Crippen molar-refractivity contribution in [3.8, 4) is 0 Å². The highest BCUT2D eigenvalue weighted by Crippen LogP contribution is 2.51. The summed E-state index contributed by atoms with van der Waals surface area (Å²) in [5, 5.41) is 0.0719. The Kier molecular flexibility index (Phi) is 16.2. The summed E-state index contributed by atoms with van der Waals surface area (Å²) >= 11 is 0. The molecule has 0 bridgehead atoms. The first-order valence-corrected chi connectivity index (χ1v) is 28.7. The van der Waals surface area contributed by atoms with Crippen LogP contribution >= 0.6 is 0 Å². The van der Waals surface area contributed by atoms with Gasteiger partial charge in [0.05, 0.1) is 43.2 Å². The standard InChI is InChI=1S/C41H84O9Si3/c1-24-31(49-52(20,21)38(7,8)9)33(43-16)26-34-36(47-40(13,14)45-34)41(44-17)29(3)35(50-53(22,23)39(10,11)12)28(2)32(46-41)25-30(27-42-15)48-51(18,19)37(4,5)6/h24,28-36H,1,25-27H2,2-23H3/t28-,29+,30+,31-,32+,33-,34-,35-,36+,41+/m0/s1. The molecule has 2 fully saturated rings. The van der Waals surface area contributed by atoms with E-state index < -0.39 is 48.7 Å². The van der Waals surface area contributed by atoms with E-state index in [2.05, 4.69) is 122 Å². The van der Waals surface area contributed by atoms with Gasteiger partial charge in [0.1, 0.15) is 6.10 Å². The summed E-state index contributed by atoms with van der Waals surface area (Å²) in [6.45, 7) is 47.1. The topological polar surface area (TPSA) is 83.1 Å². The molecule has 2 rings (SSSR count). The van der Waals surface area contributed by atoms with Crippen LogP contribution in [0.3, 0.4) is 0 Å². The quantitative estimate of drug-likeness (QED) is 0.105. The lowest BCUT2D eigenvalue weighted by Crippen LogP contribution is -2.67. The van der Waals surface area contributed by atoms with Crippen molar-refractivity contribution in [1.82, 2.24) is 0 Å². The number of ether oxygens (including phenoxy) is 6. The molecule has 0 unspecified atom stereocenters. The molecule has 0 aromatic carbocycles. The van der Waals surface area contributed by atoms with Crippen molar-refractivity contribution in [3.05, 3.63) is 12.7 Å². The van der Waals surface area contributed by atoms with Gasteiger partial charge in [-0.05, 0) is 68.2 Å². The zero-order chi connectivity index (χ0) is 41.4. The van der Waals surface area contributed by atoms with Crippen LogP contribution in [0.5, 0.6) is 0 Å². The van der Waals surface area contributed by atoms with Crippen molar-refractivity contribution >= 4 is 25.0 Å². The molecule has 2 aliphatic heterocycles. The van der Waals surface area contributed by atoms with Gasteiger partial charge in [-0.25, -0.2) is 0 Å². The Morgan fingerprint density at radius 1 is 0.717 bits per heavy atom. The predicted octanol–water partition coefficient (Wildman–Crippen LogP) is 10.3. The first-order chi connectivity index (χ1) is 23.8. The van der Waals surface area contributed by atoms with Gasteiger partial charge in [-0.2, -0.15) is 0 Å². The van der Waals surface area contributed by atoms with Crippen LogP contribution in [0.1, 0.15) is 103 Å². The molecular weight excluding hydrogens is 721 g/mol. The lowest BCUT2D eigenvalue weighted by molar-refractivity contribution is -0.366. The minimum atomic E-state index is -2.25.